The Hall–Kier alpha value is -4.06. The number of nitrogens with one attached hydrogen (secondary N) is 1. The Morgan fingerprint density at radius 3 is 2.31 bits per heavy atom. The summed E-state index contributed by atoms with van der Waals surface area (Å²) >= 11 is 0. The van der Waals surface area contributed by atoms with Crippen LogP contribution in [0, 0.1) is 12.8 Å². The molecule has 0 aliphatic rings. The summed E-state index contributed by atoms with van der Waals surface area (Å²) in [6, 6.07) is 19.4. The molecule has 0 radical (unpaired) electrons. The molecule has 35 heavy (non-hydrogen) atoms. The van der Waals surface area contributed by atoms with E-state index >= 15 is 0 Å². The molecule has 3 rings (SSSR count). The fraction of sp³-hybridized carbons (Fsp3) is 0.241. The van der Waals surface area contributed by atoms with Gasteiger partial charge in [0.25, 0.3) is 5.91 Å². The number of anilines is 1. The lowest BCUT2D eigenvalue weighted by molar-refractivity contribution is -0.128. The number of carbonyl (C=O) groups is 2. The minimum Gasteiger partial charge on any atom is -0.493 e. The number of esters is 1. The number of aryl methyl sites for hydroxylation is 1. The predicted octanol–water partition coefficient (Wildman–Crippen LogP) is 6.30. The van der Waals surface area contributed by atoms with E-state index in [-0.39, 0.29) is 5.91 Å². The van der Waals surface area contributed by atoms with E-state index in [2.05, 4.69) is 19.2 Å². The van der Waals surface area contributed by atoms with Crippen molar-refractivity contribution in [2.24, 2.45) is 5.92 Å². The SMILES string of the molecule is COc1cc(/C=C/C(=O)Oc2ccc(C(=O)Nc3ccc(C)cc3)cc2)ccc1OCCC(C)C. The molecule has 6 nitrogen and oxygen atoms in total. The Balaban J connectivity index is 1.55. The third kappa shape index (κ3) is 8.03. The van der Waals surface area contributed by atoms with Gasteiger partial charge < -0.3 is 19.5 Å². The highest BCUT2D eigenvalue weighted by Crippen LogP contribution is 2.29. The lowest BCUT2D eigenvalue weighted by Gasteiger charge is -2.12. The van der Waals surface area contributed by atoms with Gasteiger partial charge in [0.15, 0.2) is 11.5 Å². The molecule has 0 unspecified atom stereocenters. The molecule has 0 spiro atoms. The molecule has 0 aliphatic carbocycles. The first kappa shape index (κ1) is 25.6. The van der Waals surface area contributed by atoms with Gasteiger partial charge in [-0.1, -0.05) is 37.6 Å². The second-order valence-corrected chi connectivity index (χ2v) is 8.54. The van der Waals surface area contributed by atoms with Gasteiger partial charge in [-0.05, 0) is 79.4 Å². The maximum Gasteiger partial charge on any atom is 0.336 e. The summed E-state index contributed by atoms with van der Waals surface area (Å²) in [6.07, 6.45) is 3.94. The Morgan fingerprint density at radius 1 is 0.943 bits per heavy atom. The molecule has 0 heterocycles. The van der Waals surface area contributed by atoms with E-state index in [9.17, 15) is 9.59 Å². The van der Waals surface area contributed by atoms with Crippen molar-refractivity contribution in [1.82, 2.24) is 0 Å². The molecule has 0 fully saturated rings. The molecule has 0 saturated carbocycles. The molecular weight excluding hydrogens is 442 g/mol. The summed E-state index contributed by atoms with van der Waals surface area (Å²) in [5, 5.41) is 2.84. The smallest absolute Gasteiger partial charge is 0.336 e. The predicted molar refractivity (Wildman–Crippen MR) is 138 cm³/mol. The van der Waals surface area contributed by atoms with Gasteiger partial charge in [-0.2, -0.15) is 0 Å². The Labute approximate surface area is 206 Å². The minimum atomic E-state index is -0.530. The van der Waals surface area contributed by atoms with Gasteiger partial charge in [0.05, 0.1) is 13.7 Å². The highest BCUT2D eigenvalue weighted by atomic mass is 16.5. The Morgan fingerprint density at radius 2 is 1.66 bits per heavy atom. The molecule has 6 heteroatoms. The van der Waals surface area contributed by atoms with Crippen LogP contribution in [0.15, 0.2) is 72.8 Å². The summed E-state index contributed by atoms with van der Waals surface area (Å²) in [5.41, 5.74) is 3.07. The molecule has 0 bridgehead atoms. The van der Waals surface area contributed by atoms with Crippen LogP contribution in [0.5, 0.6) is 17.2 Å². The van der Waals surface area contributed by atoms with Crippen LogP contribution in [-0.4, -0.2) is 25.6 Å². The second kappa shape index (κ2) is 12.4. The maximum absolute atomic E-state index is 12.4. The number of hydrogen-bond donors (Lipinski definition) is 1. The number of hydrogen-bond acceptors (Lipinski definition) is 5. The molecule has 1 amide bonds. The highest BCUT2D eigenvalue weighted by Gasteiger charge is 2.09. The van der Waals surface area contributed by atoms with E-state index in [1.54, 1.807) is 43.5 Å². The Kier molecular flexibility index (Phi) is 9.07. The van der Waals surface area contributed by atoms with E-state index in [1.807, 2.05) is 43.3 Å². The quantitative estimate of drug-likeness (QED) is 0.212. The third-order valence-corrected chi connectivity index (χ3v) is 5.20. The van der Waals surface area contributed by atoms with E-state index in [4.69, 9.17) is 14.2 Å². The van der Waals surface area contributed by atoms with Gasteiger partial charge >= 0.3 is 5.97 Å². The number of benzene rings is 3. The van der Waals surface area contributed by atoms with Crippen LogP contribution in [0.2, 0.25) is 0 Å². The molecule has 1 N–H and O–H groups in total. The topological polar surface area (TPSA) is 73.9 Å². The van der Waals surface area contributed by atoms with Crippen molar-refractivity contribution in [2.45, 2.75) is 27.2 Å². The molecule has 0 aliphatic heterocycles. The molecule has 182 valence electrons. The molecule has 3 aromatic rings. The number of ether oxygens (including phenoxy) is 3. The highest BCUT2D eigenvalue weighted by molar-refractivity contribution is 6.04. The van der Waals surface area contributed by atoms with E-state index in [0.717, 1.165) is 17.5 Å². The molecular formula is C29H31NO5. The average molecular weight is 474 g/mol. The summed E-state index contributed by atoms with van der Waals surface area (Å²) in [5.74, 6) is 1.40. The number of carbonyl (C=O) groups excluding carboxylic acids is 2. The van der Waals surface area contributed by atoms with E-state index in [0.29, 0.717) is 41.0 Å². The van der Waals surface area contributed by atoms with Crippen LogP contribution in [0.3, 0.4) is 0 Å². The maximum atomic E-state index is 12.4. The first-order valence-electron chi connectivity index (χ1n) is 11.5. The minimum absolute atomic E-state index is 0.239. The number of amides is 1. The monoisotopic (exact) mass is 473 g/mol. The van der Waals surface area contributed by atoms with Gasteiger partial charge in [0.1, 0.15) is 5.75 Å². The van der Waals surface area contributed by atoms with Crippen molar-refractivity contribution in [2.75, 3.05) is 19.0 Å². The fourth-order valence-electron chi connectivity index (χ4n) is 3.14. The summed E-state index contributed by atoms with van der Waals surface area (Å²) in [6.45, 7) is 6.89. The van der Waals surface area contributed by atoms with Crippen LogP contribution < -0.4 is 19.5 Å². The second-order valence-electron chi connectivity index (χ2n) is 8.54. The zero-order valence-corrected chi connectivity index (χ0v) is 20.5. The third-order valence-electron chi connectivity index (χ3n) is 5.20. The van der Waals surface area contributed by atoms with Crippen LogP contribution in [0.4, 0.5) is 5.69 Å². The molecule has 0 saturated heterocycles. The standard InChI is InChI=1S/C29H31NO5/c1-20(2)17-18-34-26-15-7-22(19-27(26)33-4)8-16-28(31)35-25-13-9-23(10-14-25)29(32)30-24-11-5-21(3)6-12-24/h5-16,19-20H,17-18H2,1-4H3,(H,30,32)/b16-8+. The molecule has 0 atom stereocenters. The fourth-order valence-corrected chi connectivity index (χ4v) is 3.14. The van der Waals surface area contributed by atoms with Crippen molar-refractivity contribution < 1.29 is 23.8 Å². The zero-order valence-electron chi connectivity index (χ0n) is 20.5. The van der Waals surface area contributed by atoms with Crippen molar-refractivity contribution in [3.8, 4) is 17.2 Å². The lowest BCUT2D eigenvalue weighted by atomic mass is 10.1. The number of rotatable bonds is 10. The Bertz CT molecular complexity index is 1160. The van der Waals surface area contributed by atoms with Crippen LogP contribution in [-0.2, 0) is 4.79 Å². The molecule has 3 aromatic carbocycles. The first-order valence-corrected chi connectivity index (χ1v) is 11.5. The van der Waals surface area contributed by atoms with Crippen molar-refractivity contribution in [3.63, 3.8) is 0 Å². The lowest BCUT2D eigenvalue weighted by Crippen LogP contribution is -2.12. The van der Waals surface area contributed by atoms with Crippen LogP contribution in [0.25, 0.3) is 6.08 Å². The summed E-state index contributed by atoms with van der Waals surface area (Å²) in [7, 11) is 1.58. The van der Waals surface area contributed by atoms with Gasteiger partial charge in [0, 0.05) is 17.3 Å². The molecule has 0 aromatic heterocycles. The van der Waals surface area contributed by atoms with Crippen molar-refractivity contribution in [3.05, 3.63) is 89.5 Å². The van der Waals surface area contributed by atoms with E-state index < -0.39 is 5.97 Å². The zero-order chi connectivity index (χ0) is 25.2. The van der Waals surface area contributed by atoms with Gasteiger partial charge in [-0.25, -0.2) is 4.79 Å². The van der Waals surface area contributed by atoms with Crippen molar-refractivity contribution in [1.29, 1.82) is 0 Å². The average Bonchev–Trinajstić information content (AvgIpc) is 2.85. The normalized spacial score (nSPS) is 10.9. The number of methoxy groups -OCH3 is 1. The van der Waals surface area contributed by atoms with E-state index in [1.165, 1.54) is 6.08 Å². The van der Waals surface area contributed by atoms with Gasteiger partial charge in [-0.15, -0.1) is 0 Å². The van der Waals surface area contributed by atoms with Gasteiger partial charge in [0.2, 0.25) is 0 Å². The van der Waals surface area contributed by atoms with Crippen molar-refractivity contribution >= 4 is 23.6 Å². The largest absolute Gasteiger partial charge is 0.493 e. The summed E-state index contributed by atoms with van der Waals surface area (Å²) in [4.78, 5) is 24.7. The van der Waals surface area contributed by atoms with Gasteiger partial charge in [-0.3, -0.25) is 4.79 Å². The van der Waals surface area contributed by atoms with Crippen LogP contribution in [0.1, 0.15) is 41.8 Å². The summed E-state index contributed by atoms with van der Waals surface area (Å²) < 4.78 is 16.5. The van der Waals surface area contributed by atoms with Crippen LogP contribution >= 0.6 is 0 Å². The first-order chi connectivity index (χ1) is 16.8.